The Morgan fingerprint density at radius 3 is 2.51 bits per heavy atom. The summed E-state index contributed by atoms with van der Waals surface area (Å²) in [5.41, 5.74) is 1.99. The molecule has 10 heteroatoms. The van der Waals surface area contributed by atoms with Gasteiger partial charge in [-0.15, -0.1) is 0 Å². The summed E-state index contributed by atoms with van der Waals surface area (Å²) >= 11 is 0. The van der Waals surface area contributed by atoms with Crippen LogP contribution >= 0.6 is 0 Å². The maximum atomic E-state index is 13.5. The van der Waals surface area contributed by atoms with Crippen LogP contribution in [0.3, 0.4) is 0 Å². The third-order valence-corrected chi connectivity index (χ3v) is 7.64. The van der Waals surface area contributed by atoms with Gasteiger partial charge in [-0.3, -0.25) is 0 Å². The average Bonchev–Trinajstić information content (AvgIpc) is 3.31. The first-order valence-corrected chi connectivity index (χ1v) is 13.4. The number of rotatable bonds is 7. The van der Waals surface area contributed by atoms with Gasteiger partial charge in [-0.2, -0.15) is 14.7 Å². The molecule has 9 nitrogen and oxygen atoms in total. The van der Waals surface area contributed by atoms with Gasteiger partial charge < -0.3 is 9.47 Å². The summed E-state index contributed by atoms with van der Waals surface area (Å²) in [4.78, 5) is 12.4. The second kappa shape index (κ2) is 11.1. The fourth-order valence-corrected chi connectivity index (χ4v) is 5.85. The Morgan fingerprint density at radius 2 is 1.86 bits per heavy atom. The summed E-state index contributed by atoms with van der Waals surface area (Å²) < 4.78 is 40.7. The summed E-state index contributed by atoms with van der Waals surface area (Å²) in [7, 11) is -3.79. The molecular weight excluding hydrogens is 492 g/mol. The van der Waals surface area contributed by atoms with Gasteiger partial charge in [-0.1, -0.05) is 30.3 Å². The van der Waals surface area contributed by atoms with Gasteiger partial charge in [0.1, 0.15) is 17.3 Å². The number of para-hydroxylation sites is 1. The maximum absolute atomic E-state index is 13.5. The van der Waals surface area contributed by atoms with Crippen LogP contribution in [-0.4, -0.2) is 60.4 Å². The van der Waals surface area contributed by atoms with E-state index in [4.69, 9.17) is 9.47 Å². The standard InChI is InChI=1S/C27H28N4O5S/c1-4-35-27(32)22(15-28)13-23-18-31(24-10-6-5-7-11-24)29-26(23)21-9-8-12-25(14-21)37(33,34)30-16-19(2)36-20(3)17-30/h5-14,18-20H,4,16-17H2,1-3H3/b22-13+. The highest BCUT2D eigenvalue weighted by molar-refractivity contribution is 7.89. The van der Waals surface area contributed by atoms with Crippen LogP contribution < -0.4 is 0 Å². The number of nitrogens with zero attached hydrogens (tertiary/aromatic N) is 4. The Balaban J connectivity index is 1.81. The Kier molecular flexibility index (Phi) is 7.88. The van der Waals surface area contributed by atoms with Gasteiger partial charge in [-0.25, -0.2) is 17.9 Å². The minimum Gasteiger partial charge on any atom is -0.462 e. The first-order valence-electron chi connectivity index (χ1n) is 11.9. The Labute approximate surface area is 216 Å². The molecule has 37 heavy (non-hydrogen) atoms. The third kappa shape index (κ3) is 5.80. The summed E-state index contributed by atoms with van der Waals surface area (Å²) in [5.74, 6) is -0.740. The molecule has 2 atom stereocenters. The SMILES string of the molecule is CCOC(=O)/C(C#N)=C/c1cn(-c2ccccc2)nc1-c1cccc(S(=O)(=O)N2CC(C)OC(C)C2)c1. The second-order valence-corrected chi connectivity index (χ2v) is 10.6. The second-order valence-electron chi connectivity index (χ2n) is 8.71. The van der Waals surface area contributed by atoms with Crippen LogP contribution in [0.2, 0.25) is 0 Å². The lowest BCUT2D eigenvalue weighted by Crippen LogP contribution is -2.48. The van der Waals surface area contributed by atoms with E-state index in [1.54, 1.807) is 42.1 Å². The van der Waals surface area contributed by atoms with Gasteiger partial charge in [0.2, 0.25) is 10.0 Å². The summed E-state index contributed by atoms with van der Waals surface area (Å²) in [6.45, 7) is 6.01. The van der Waals surface area contributed by atoms with E-state index in [0.29, 0.717) is 16.8 Å². The first-order chi connectivity index (χ1) is 17.7. The van der Waals surface area contributed by atoms with Crippen LogP contribution in [-0.2, 0) is 24.3 Å². The molecule has 0 spiro atoms. The van der Waals surface area contributed by atoms with Crippen molar-refractivity contribution in [1.29, 1.82) is 5.26 Å². The van der Waals surface area contributed by atoms with E-state index in [-0.39, 0.29) is 42.4 Å². The van der Waals surface area contributed by atoms with Crippen LogP contribution in [0.25, 0.3) is 23.0 Å². The molecule has 1 fully saturated rings. The van der Waals surface area contributed by atoms with Crippen molar-refractivity contribution in [2.45, 2.75) is 37.9 Å². The number of carbonyl (C=O) groups excluding carboxylic acids is 1. The fraction of sp³-hybridized carbons (Fsp3) is 0.296. The molecule has 2 unspecified atom stereocenters. The van der Waals surface area contributed by atoms with Crippen LogP contribution in [0, 0.1) is 11.3 Å². The monoisotopic (exact) mass is 520 g/mol. The summed E-state index contributed by atoms with van der Waals surface area (Å²) in [5, 5.41) is 14.3. The Hall–Kier alpha value is -3.78. The van der Waals surface area contributed by atoms with Gasteiger partial charge in [0.15, 0.2) is 0 Å². The molecule has 0 saturated carbocycles. The maximum Gasteiger partial charge on any atom is 0.348 e. The highest BCUT2D eigenvalue weighted by Crippen LogP contribution is 2.29. The predicted molar refractivity (Wildman–Crippen MR) is 138 cm³/mol. The van der Waals surface area contributed by atoms with Crippen LogP contribution in [0.5, 0.6) is 0 Å². The molecule has 2 aromatic carbocycles. The number of morpholine rings is 1. The van der Waals surface area contributed by atoms with Crippen molar-refractivity contribution in [3.8, 4) is 23.0 Å². The van der Waals surface area contributed by atoms with E-state index >= 15 is 0 Å². The molecule has 3 aromatic rings. The predicted octanol–water partition coefficient (Wildman–Crippen LogP) is 3.81. The lowest BCUT2D eigenvalue weighted by atomic mass is 10.1. The highest BCUT2D eigenvalue weighted by atomic mass is 32.2. The third-order valence-electron chi connectivity index (χ3n) is 5.81. The summed E-state index contributed by atoms with van der Waals surface area (Å²) in [6.07, 6.45) is 2.67. The minimum absolute atomic E-state index is 0.126. The van der Waals surface area contributed by atoms with Gasteiger partial charge in [0.25, 0.3) is 0 Å². The van der Waals surface area contributed by atoms with Crippen molar-refractivity contribution in [3.63, 3.8) is 0 Å². The normalized spacial score (nSPS) is 18.8. The van der Waals surface area contributed by atoms with Crippen LogP contribution in [0.1, 0.15) is 26.3 Å². The van der Waals surface area contributed by atoms with E-state index in [2.05, 4.69) is 5.10 Å². The molecule has 1 aromatic heterocycles. The zero-order valence-electron chi connectivity index (χ0n) is 20.9. The molecule has 0 aliphatic carbocycles. The van der Waals surface area contributed by atoms with E-state index in [1.807, 2.05) is 50.2 Å². The first kappa shape index (κ1) is 26.3. The van der Waals surface area contributed by atoms with E-state index in [9.17, 15) is 18.5 Å². The lowest BCUT2D eigenvalue weighted by Gasteiger charge is -2.34. The number of hydrogen-bond acceptors (Lipinski definition) is 7. The smallest absolute Gasteiger partial charge is 0.348 e. The van der Waals surface area contributed by atoms with Crippen molar-refractivity contribution in [2.75, 3.05) is 19.7 Å². The zero-order chi connectivity index (χ0) is 26.6. The molecule has 2 heterocycles. The molecule has 1 aliphatic heterocycles. The molecule has 192 valence electrons. The minimum atomic E-state index is -3.79. The van der Waals surface area contributed by atoms with Crippen molar-refractivity contribution >= 4 is 22.1 Å². The number of hydrogen-bond donors (Lipinski definition) is 0. The van der Waals surface area contributed by atoms with Crippen molar-refractivity contribution in [3.05, 3.63) is 71.9 Å². The van der Waals surface area contributed by atoms with Crippen LogP contribution in [0.15, 0.2) is 71.3 Å². The average molecular weight is 521 g/mol. The fourth-order valence-electron chi connectivity index (χ4n) is 4.21. The van der Waals surface area contributed by atoms with Gasteiger partial charge in [0, 0.05) is 30.4 Å². The number of carbonyl (C=O) groups is 1. The number of sulfonamides is 1. The van der Waals surface area contributed by atoms with Gasteiger partial charge in [-0.05, 0) is 51.1 Å². The van der Waals surface area contributed by atoms with E-state index < -0.39 is 16.0 Å². The number of benzene rings is 2. The van der Waals surface area contributed by atoms with Crippen molar-refractivity contribution in [2.24, 2.45) is 0 Å². The molecule has 1 saturated heterocycles. The Morgan fingerprint density at radius 1 is 1.16 bits per heavy atom. The highest BCUT2D eigenvalue weighted by Gasteiger charge is 2.32. The molecule has 0 amide bonds. The Bertz CT molecular complexity index is 1450. The molecule has 4 rings (SSSR count). The van der Waals surface area contributed by atoms with Crippen LogP contribution in [0.4, 0.5) is 0 Å². The number of esters is 1. The zero-order valence-corrected chi connectivity index (χ0v) is 21.7. The van der Waals surface area contributed by atoms with E-state index in [1.165, 1.54) is 10.4 Å². The molecule has 0 N–H and O–H groups in total. The lowest BCUT2D eigenvalue weighted by molar-refractivity contribution is -0.137. The van der Waals surface area contributed by atoms with E-state index in [0.717, 1.165) is 5.69 Å². The quantitative estimate of drug-likeness (QED) is 0.264. The molecule has 0 radical (unpaired) electrons. The summed E-state index contributed by atoms with van der Waals surface area (Å²) in [6, 6.07) is 17.7. The van der Waals surface area contributed by atoms with Crippen molar-refractivity contribution in [1.82, 2.24) is 14.1 Å². The molecule has 0 bridgehead atoms. The number of aromatic nitrogens is 2. The van der Waals surface area contributed by atoms with Gasteiger partial charge >= 0.3 is 5.97 Å². The number of nitriles is 1. The topological polar surface area (TPSA) is 115 Å². The van der Waals surface area contributed by atoms with Gasteiger partial charge in [0.05, 0.1) is 29.4 Å². The molecular formula is C27H28N4O5S. The molecule has 1 aliphatic rings. The largest absolute Gasteiger partial charge is 0.462 e. The number of ether oxygens (including phenoxy) is 2. The van der Waals surface area contributed by atoms with Crippen molar-refractivity contribution < 1.29 is 22.7 Å².